The van der Waals surface area contributed by atoms with Gasteiger partial charge in [-0.25, -0.2) is 4.79 Å². The van der Waals surface area contributed by atoms with Crippen molar-refractivity contribution in [2.24, 2.45) is 0 Å². The highest BCUT2D eigenvalue weighted by molar-refractivity contribution is 7.85. The van der Waals surface area contributed by atoms with Crippen LogP contribution in [0.25, 0.3) is 4.98 Å². The third-order valence-electron chi connectivity index (χ3n) is 1.86. The normalized spacial score (nSPS) is 10.9. The van der Waals surface area contributed by atoms with Crippen molar-refractivity contribution in [2.75, 3.05) is 27.7 Å². The molecule has 0 unspecified atom stereocenters. The monoisotopic (exact) mass is 303 g/mol. The van der Waals surface area contributed by atoms with Gasteiger partial charge < -0.3 is 9.59 Å². The summed E-state index contributed by atoms with van der Waals surface area (Å²) in [6.45, 7) is 0.181. The van der Waals surface area contributed by atoms with Crippen molar-refractivity contribution >= 4 is 21.8 Å². The Labute approximate surface area is 117 Å². The third-order valence-corrected chi connectivity index (χ3v) is 2.73. The largest absolute Gasteiger partial charge is 0.477 e. The van der Waals surface area contributed by atoms with Gasteiger partial charge in [0, 0.05) is 12.1 Å². The molecule has 110 valence electrons. The fourth-order valence-electron chi connectivity index (χ4n) is 1.09. The van der Waals surface area contributed by atoms with Gasteiger partial charge >= 0.3 is 11.7 Å². The molecule has 0 bridgehead atoms. The molecule has 0 spiro atoms. The van der Waals surface area contributed by atoms with Crippen LogP contribution in [-0.4, -0.2) is 56.2 Å². The van der Waals surface area contributed by atoms with E-state index in [-0.39, 0.29) is 17.1 Å². The van der Waals surface area contributed by atoms with Crippen molar-refractivity contribution < 1.29 is 27.4 Å². The fraction of sp³-hybridized carbons (Fsp3) is 0.364. The maximum Gasteiger partial charge on any atom is 0.385 e. The maximum atomic E-state index is 10.5. The topological polar surface area (TPSA) is 120 Å². The Morgan fingerprint density at radius 1 is 1.25 bits per heavy atom. The highest BCUT2D eigenvalue weighted by Gasteiger charge is 2.12. The minimum atomic E-state index is -4.15. The van der Waals surface area contributed by atoms with Crippen LogP contribution < -0.4 is 0 Å². The summed E-state index contributed by atoms with van der Waals surface area (Å²) in [7, 11) is 1.37. The zero-order valence-electron chi connectivity index (χ0n) is 11.4. The van der Waals surface area contributed by atoms with Crippen molar-refractivity contribution in [2.45, 2.75) is 4.90 Å². The molecule has 0 aromatic heterocycles. The number of rotatable bonds is 3. The molecule has 0 heterocycles. The van der Waals surface area contributed by atoms with Gasteiger partial charge in [0.1, 0.15) is 0 Å². The molecule has 1 aromatic carbocycles. The number of likely N-dealkylation sites (N-methyl/N-ethyl adjacent to an activating group) is 1. The Morgan fingerprint density at radius 3 is 1.90 bits per heavy atom. The second kappa shape index (κ2) is 6.95. The van der Waals surface area contributed by atoms with E-state index in [2.05, 4.69) is 4.98 Å². The minimum Gasteiger partial charge on any atom is -0.477 e. The number of carboxylic acid groups (broad SMARTS) is 1. The van der Waals surface area contributed by atoms with Crippen LogP contribution in [0.15, 0.2) is 29.2 Å². The number of carbonyl (C=O) groups is 1. The summed E-state index contributed by atoms with van der Waals surface area (Å²) in [4.78, 5) is 12.6. The molecule has 20 heavy (non-hydrogen) atoms. The Bertz CT molecular complexity index is 596. The highest BCUT2D eigenvalue weighted by atomic mass is 32.2. The standard InChI is InChI=1S/C6H4N2O3S.C5H11NO2/c7-8-5-1-3-6(4-2-5)12(9,10)11;1-6(2,3)4-5(7)8/h1-4H;4H2,1-3H3/p+2. The molecule has 8 nitrogen and oxygen atoms in total. The van der Waals surface area contributed by atoms with Crippen molar-refractivity contribution in [1.82, 2.24) is 0 Å². The molecule has 1 rings (SSSR count). The summed E-state index contributed by atoms with van der Waals surface area (Å²) < 4.78 is 30.0. The summed E-state index contributed by atoms with van der Waals surface area (Å²) in [5.74, 6) is -0.752. The number of hydrogen-bond donors (Lipinski definition) is 2. The molecular weight excluding hydrogens is 286 g/mol. The van der Waals surface area contributed by atoms with Gasteiger partial charge in [-0.15, -0.1) is 0 Å². The van der Waals surface area contributed by atoms with Gasteiger partial charge in [-0.2, -0.15) is 8.42 Å². The third kappa shape index (κ3) is 8.15. The molecule has 0 aliphatic carbocycles. The van der Waals surface area contributed by atoms with Crippen LogP contribution in [0.3, 0.4) is 0 Å². The Hall–Kier alpha value is -2.02. The van der Waals surface area contributed by atoms with Gasteiger partial charge in [-0.05, 0) is 12.1 Å². The molecule has 0 saturated heterocycles. The van der Waals surface area contributed by atoms with Crippen LogP contribution in [0.4, 0.5) is 5.69 Å². The zero-order chi connectivity index (χ0) is 16.0. The molecule has 2 N–H and O–H groups in total. The number of hydrogen-bond acceptors (Lipinski definition) is 4. The van der Waals surface area contributed by atoms with E-state index in [4.69, 9.17) is 15.1 Å². The molecule has 0 aliphatic rings. The van der Waals surface area contributed by atoms with Gasteiger partial charge in [0.25, 0.3) is 10.1 Å². The molecule has 0 radical (unpaired) electrons. The van der Waals surface area contributed by atoms with Crippen molar-refractivity contribution in [3.05, 3.63) is 29.2 Å². The molecule has 0 atom stereocenters. The first-order chi connectivity index (χ1) is 8.95. The molecule has 1 aromatic rings. The second-order valence-electron chi connectivity index (χ2n) is 4.91. The number of diazo groups is 1. The summed E-state index contributed by atoms with van der Waals surface area (Å²) >= 11 is 0. The molecule has 0 saturated carbocycles. The first-order valence-electron chi connectivity index (χ1n) is 5.40. The number of nitrogens with zero attached hydrogens (tertiary/aromatic N) is 3. The lowest BCUT2D eigenvalue weighted by Crippen LogP contribution is -2.39. The lowest BCUT2D eigenvalue weighted by molar-refractivity contribution is -0.862. The van der Waals surface area contributed by atoms with Crippen LogP contribution in [0.2, 0.25) is 0 Å². The van der Waals surface area contributed by atoms with E-state index in [9.17, 15) is 13.2 Å². The predicted molar refractivity (Wildman–Crippen MR) is 71.5 cm³/mol. The molecular formula is C11H17N3O5S+2. The van der Waals surface area contributed by atoms with Crippen LogP contribution in [0, 0.1) is 5.39 Å². The SMILES string of the molecule is C[N+](C)(C)CC(=O)O.N#[N+]c1ccc(S(=O)(=O)O)cc1. The minimum absolute atomic E-state index is 0.181. The Morgan fingerprint density at radius 2 is 1.70 bits per heavy atom. The lowest BCUT2D eigenvalue weighted by atomic mass is 10.3. The van der Waals surface area contributed by atoms with E-state index in [0.29, 0.717) is 4.48 Å². The number of benzene rings is 1. The zero-order valence-corrected chi connectivity index (χ0v) is 12.2. The van der Waals surface area contributed by atoms with Gasteiger partial charge in [0.05, 0.1) is 26.0 Å². The summed E-state index contributed by atoms with van der Waals surface area (Å²) in [5, 5.41) is 16.5. The lowest BCUT2D eigenvalue weighted by Gasteiger charge is -2.20. The quantitative estimate of drug-likeness (QED) is 0.492. The van der Waals surface area contributed by atoms with Gasteiger partial charge in [-0.3, -0.25) is 4.55 Å². The average molecular weight is 303 g/mol. The first kappa shape index (κ1) is 18.0. The molecule has 0 aliphatic heterocycles. The summed E-state index contributed by atoms with van der Waals surface area (Å²) in [6, 6.07) is 4.82. The van der Waals surface area contributed by atoms with Crippen molar-refractivity contribution in [3.63, 3.8) is 0 Å². The van der Waals surface area contributed by atoms with Crippen molar-refractivity contribution in [3.8, 4) is 0 Å². The van der Waals surface area contributed by atoms with E-state index in [1.165, 1.54) is 12.1 Å². The Balaban J connectivity index is 0.000000396. The van der Waals surface area contributed by atoms with E-state index >= 15 is 0 Å². The second-order valence-corrected chi connectivity index (χ2v) is 6.33. The first-order valence-corrected chi connectivity index (χ1v) is 6.84. The van der Waals surface area contributed by atoms with Crippen LogP contribution >= 0.6 is 0 Å². The van der Waals surface area contributed by atoms with E-state index in [1.54, 1.807) is 0 Å². The van der Waals surface area contributed by atoms with Crippen LogP contribution in [-0.2, 0) is 14.9 Å². The predicted octanol–water partition coefficient (Wildman–Crippen LogP) is 1.20. The van der Waals surface area contributed by atoms with Crippen LogP contribution in [0.5, 0.6) is 0 Å². The van der Waals surface area contributed by atoms with Gasteiger partial charge in [0.2, 0.25) is 5.39 Å². The van der Waals surface area contributed by atoms with Crippen molar-refractivity contribution in [1.29, 1.82) is 5.39 Å². The molecule has 0 amide bonds. The van der Waals surface area contributed by atoms with E-state index < -0.39 is 16.1 Å². The molecule has 9 heteroatoms. The Kier molecular flexibility index (Phi) is 6.25. The maximum absolute atomic E-state index is 10.5. The molecule has 0 fully saturated rings. The van der Waals surface area contributed by atoms with Gasteiger partial charge in [0.15, 0.2) is 11.5 Å². The highest BCUT2D eigenvalue weighted by Crippen LogP contribution is 2.15. The smallest absolute Gasteiger partial charge is 0.385 e. The summed E-state index contributed by atoms with van der Waals surface area (Å²) in [6.07, 6.45) is 0. The number of aliphatic carboxylic acids is 1. The summed E-state index contributed by atoms with van der Waals surface area (Å²) in [5.41, 5.74) is 0.224. The number of carboxylic acids is 1. The fourth-order valence-corrected chi connectivity index (χ4v) is 1.57. The average Bonchev–Trinajstić information content (AvgIpc) is 2.25. The van der Waals surface area contributed by atoms with E-state index in [0.717, 1.165) is 12.1 Å². The van der Waals surface area contributed by atoms with Crippen LogP contribution in [0.1, 0.15) is 0 Å². The van der Waals surface area contributed by atoms with Gasteiger partial charge in [-0.1, -0.05) is 0 Å². The number of quaternary nitrogens is 1. The van der Waals surface area contributed by atoms with E-state index in [1.807, 2.05) is 21.1 Å².